The number of nitrogens with two attached hydrogens (primary N) is 1. The Morgan fingerprint density at radius 3 is 2.63 bits per heavy atom. The minimum Gasteiger partial charge on any atom is -0.391 e. The lowest BCUT2D eigenvalue weighted by Gasteiger charge is -2.30. The van der Waals surface area contributed by atoms with Crippen LogP contribution in [0, 0.1) is 0 Å². The number of anilines is 2. The average Bonchev–Trinajstić information content (AvgIpc) is 2.65. The van der Waals surface area contributed by atoms with Crippen LogP contribution in [0.25, 0.3) is 0 Å². The number of aromatic nitrogens is 2. The monoisotopic (exact) mass is 377 g/mol. The highest BCUT2D eigenvalue weighted by Gasteiger charge is 2.26. The van der Waals surface area contributed by atoms with Gasteiger partial charge in [0.1, 0.15) is 5.82 Å². The molecule has 3 rings (SSSR count). The van der Waals surface area contributed by atoms with Gasteiger partial charge in [-0.1, -0.05) is 12.8 Å². The number of nitrogens with one attached hydrogen (secondary N) is 2. The van der Waals surface area contributed by atoms with Crippen molar-refractivity contribution in [3.8, 4) is 0 Å². The summed E-state index contributed by atoms with van der Waals surface area (Å²) in [6.07, 6.45) is 9.04. The first-order valence-electron chi connectivity index (χ1n) is 10.1. The second-order valence-electron chi connectivity index (χ2n) is 7.50. The Hall–Kier alpha value is -1.93. The van der Waals surface area contributed by atoms with Crippen LogP contribution in [0.5, 0.6) is 0 Å². The standard InChI is InChI=1S/C19H31N5O3/c1-2-27-13-9-7-12(8-10-13)22-19-21-11-14(17(20)26)18(24-19)23-15-5-3-4-6-16(15)25/h11-13,15-16,25H,2-10H2,1H3,(H2,20,26)(H2,21,22,23,24)/t12-,13-,15-,16-/m0/s1. The van der Waals surface area contributed by atoms with Gasteiger partial charge >= 0.3 is 0 Å². The Morgan fingerprint density at radius 2 is 1.96 bits per heavy atom. The molecule has 1 aromatic rings. The van der Waals surface area contributed by atoms with Gasteiger partial charge in [0.2, 0.25) is 5.95 Å². The highest BCUT2D eigenvalue weighted by Crippen LogP contribution is 2.26. The van der Waals surface area contributed by atoms with Gasteiger partial charge in [0.25, 0.3) is 5.91 Å². The van der Waals surface area contributed by atoms with Crippen molar-refractivity contribution >= 4 is 17.7 Å². The molecule has 2 aliphatic rings. The van der Waals surface area contributed by atoms with Crippen molar-refractivity contribution in [2.75, 3.05) is 17.2 Å². The summed E-state index contributed by atoms with van der Waals surface area (Å²) >= 11 is 0. The predicted octanol–water partition coefficient (Wildman–Crippen LogP) is 2.05. The first-order chi connectivity index (χ1) is 13.1. The molecule has 1 amide bonds. The maximum atomic E-state index is 11.7. The molecular formula is C19H31N5O3. The molecule has 0 radical (unpaired) electrons. The van der Waals surface area contributed by atoms with Crippen molar-refractivity contribution in [3.05, 3.63) is 11.8 Å². The molecule has 27 heavy (non-hydrogen) atoms. The van der Waals surface area contributed by atoms with E-state index in [1.807, 2.05) is 6.92 Å². The van der Waals surface area contributed by atoms with Crippen LogP contribution in [0.2, 0.25) is 0 Å². The lowest BCUT2D eigenvalue weighted by Crippen LogP contribution is -2.37. The first-order valence-corrected chi connectivity index (χ1v) is 10.1. The van der Waals surface area contributed by atoms with Crippen LogP contribution in [-0.2, 0) is 4.74 Å². The molecule has 2 aliphatic carbocycles. The first kappa shape index (κ1) is 19.8. The van der Waals surface area contributed by atoms with Crippen molar-refractivity contribution in [1.82, 2.24) is 9.97 Å². The number of aliphatic hydroxyl groups excluding tert-OH is 1. The molecule has 0 saturated heterocycles. The van der Waals surface area contributed by atoms with Crippen molar-refractivity contribution in [2.45, 2.75) is 82.6 Å². The Balaban J connectivity index is 1.67. The minimum atomic E-state index is -0.577. The number of hydrogen-bond donors (Lipinski definition) is 4. The zero-order valence-electron chi connectivity index (χ0n) is 16.0. The zero-order chi connectivity index (χ0) is 19.2. The van der Waals surface area contributed by atoms with Gasteiger partial charge in [-0.05, 0) is 45.4 Å². The van der Waals surface area contributed by atoms with Crippen LogP contribution in [0.1, 0.15) is 68.6 Å². The Bertz CT molecular complexity index is 634. The number of carbonyl (C=O) groups is 1. The number of hydrogen-bond acceptors (Lipinski definition) is 7. The van der Waals surface area contributed by atoms with Gasteiger partial charge in [0, 0.05) is 18.8 Å². The molecular weight excluding hydrogens is 346 g/mol. The fourth-order valence-corrected chi connectivity index (χ4v) is 3.99. The van der Waals surface area contributed by atoms with E-state index in [0.29, 0.717) is 17.9 Å². The number of aliphatic hydroxyl groups is 1. The topological polar surface area (TPSA) is 122 Å². The van der Waals surface area contributed by atoms with Crippen molar-refractivity contribution in [1.29, 1.82) is 0 Å². The summed E-state index contributed by atoms with van der Waals surface area (Å²) < 4.78 is 5.69. The molecule has 0 unspecified atom stereocenters. The molecule has 0 aliphatic heterocycles. The number of ether oxygens (including phenoxy) is 1. The number of amides is 1. The molecule has 5 N–H and O–H groups in total. The van der Waals surface area contributed by atoms with E-state index in [0.717, 1.165) is 58.0 Å². The number of rotatable bonds is 7. The lowest BCUT2D eigenvalue weighted by atomic mass is 9.92. The molecule has 0 spiro atoms. The van der Waals surface area contributed by atoms with Crippen LogP contribution in [0.3, 0.4) is 0 Å². The van der Waals surface area contributed by atoms with Crippen LogP contribution in [-0.4, -0.2) is 51.9 Å². The number of carbonyl (C=O) groups excluding carboxylic acids is 1. The third kappa shape index (κ3) is 5.29. The second kappa shape index (κ2) is 9.32. The Kier molecular flexibility index (Phi) is 6.84. The van der Waals surface area contributed by atoms with E-state index in [9.17, 15) is 9.90 Å². The lowest BCUT2D eigenvalue weighted by molar-refractivity contribution is 0.0346. The van der Waals surface area contributed by atoms with Crippen molar-refractivity contribution in [2.24, 2.45) is 5.73 Å². The summed E-state index contributed by atoms with van der Waals surface area (Å²) in [5.74, 6) is 0.299. The second-order valence-corrected chi connectivity index (χ2v) is 7.50. The third-order valence-electron chi connectivity index (χ3n) is 5.52. The van der Waals surface area contributed by atoms with Gasteiger partial charge in [-0.3, -0.25) is 4.79 Å². The largest absolute Gasteiger partial charge is 0.391 e. The predicted molar refractivity (Wildman–Crippen MR) is 104 cm³/mol. The Labute approximate surface area is 160 Å². The van der Waals surface area contributed by atoms with Gasteiger partial charge in [0.15, 0.2) is 0 Å². The van der Waals surface area contributed by atoms with Gasteiger partial charge in [-0.2, -0.15) is 4.98 Å². The molecule has 0 aromatic carbocycles. The van der Waals surface area contributed by atoms with Gasteiger partial charge < -0.3 is 26.2 Å². The van der Waals surface area contributed by atoms with Crippen molar-refractivity contribution < 1.29 is 14.6 Å². The fraction of sp³-hybridized carbons (Fsp3) is 0.737. The molecule has 150 valence electrons. The molecule has 0 bridgehead atoms. The van der Waals surface area contributed by atoms with E-state index >= 15 is 0 Å². The molecule has 8 nitrogen and oxygen atoms in total. The van der Waals surface area contributed by atoms with E-state index in [-0.39, 0.29) is 17.6 Å². The van der Waals surface area contributed by atoms with E-state index < -0.39 is 12.0 Å². The summed E-state index contributed by atoms with van der Waals surface area (Å²) in [5.41, 5.74) is 5.73. The summed E-state index contributed by atoms with van der Waals surface area (Å²) in [5, 5.41) is 16.8. The highest BCUT2D eigenvalue weighted by molar-refractivity contribution is 5.97. The zero-order valence-corrected chi connectivity index (χ0v) is 16.0. The molecule has 2 atom stereocenters. The van der Waals surface area contributed by atoms with Crippen LogP contribution >= 0.6 is 0 Å². The van der Waals surface area contributed by atoms with Crippen LogP contribution < -0.4 is 16.4 Å². The third-order valence-corrected chi connectivity index (χ3v) is 5.52. The normalized spacial score (nSPS) is 28.5. The summed E-state index contributed by atoms with van der Waals surface area (Å²) in [6, 6.07) is 0.162. The molecule has 1 aromatic heterocycles. The average molecular weight is 377 g/mol. The maximum Gasteiger partial charge on any atom is 0.254 e. The number of primary amides is 1. The smallest absolute Gasteiger partial charge is 0.254 e. The van der Waals surface area contributed by atoms with E-state index in [4.69, 9.17) is 10.5 Å². The fourth-order valence-electron chi connectivity index (χ4n) is 3.99. The quantitative estimate of drug-likeness (QED) is 0.573. The Morgan fingerprint density at radius 1 is 1.22 bits per heavy atom. The van der Waals surface area contributed by atoms with E-state index in [1.165, 1.54) is 6.20 Å². The van der Waals surface area contributed by atoms with Gasteiger partial charge in [-0.25, -0.2) is 4.98 Å². The van der Waals surface area contributed by atoms with Crippen LogP contribution in [0.4, 0.5) is 11.8 Å². The summed E-state index contributed by atoms with van der Waals surface area (Å²) in [7, 11) is 0. The van der Waals surface area contributed by atoms with Gasteiger partial charge in [-0.15, -0.1) is 0 Å². The molecule has 1 heterocycles. The molecule has 2 saturated carbocycles. The molecule has 2 fully saturated rings. The molecule has 8 heteroatoms. The number of nitrogens with zero attached hydrogens (tertiary/aromatic N) is 2. The SMILES string of the molecule is CCO[C@H]1CC[C@H](Nc2ncc(C(N)=O)c(N[C@H]3CCCC[C@@H]3O)n2)CC1. The summed E-state index contributed by atoms with van der Waals surface area (Å²) in [6.45, 7) is 2.78. The van der Waals surface area contributed by atoms with E-state index in [2.05, 4.69) is 20.6 Å². The van der Waals surface area contributed by atoms with Crippen LogP contribution in [0.15, 0.2) is 6.20 Å². The maximum absolute atomic E-state index is 11.7. The van der Waals surface area contributed by atoms with Gasteiger partial charge in [0.05, 0.1) is 23.8 Å². The van der Waals surface area contributed by atoms with Crippen molar-refractivity contribution in [3.63, 3.8) is 0 Å². The summed E-state index contributed by atoms with van der Waals surface area (Å²) in [4.78, 5) is 20.5. The minimum absolute atomic E-state index is 0.124. The van der Waals surface area contributed by atoms with E-state index in [1.54, 1.807) is 0 Å². The highest BCUT2D eigenvalue weighted by atomic mass is 16.5.